The van der Waals surface area contributed by atoms with Gasteiger partial charge in [0.05, 0.1) is 17.8 Å². The molecule has 0 amide bonds. The van der Waals surface area contributed by atoms with Crippen LogP contribution in [0.5, 0.6) is 5.75 Å². The highest BCUT2D eigenvalue weighted by molar-refractivity contribution is 6.32. The number of carboxylic acids is 1. The number of nitrogens with one attached hydrogen (secondary N) is 1. The molecule has 2 aromatic heterocycles. The molecule has 0 bridgehead atoms. The van der Waals surface area contributed by atoms with Crippen LogP contribution in [0.25, 0.3) is 11.0 Å². The molecule has 0 saturated heterocycles. The smallest absolute Gasteiger partial charge is 0.303 e. The Balaban J connectivity index is 1.97. The molecule has 0 aliphatic rings. The molecule has 2 heterocycles. The number of aromatic nitrogens is 4. The summed E-state index contributed by atoms with van der Waals surface area (Å²) in [5, 5.41) is 17.6. The first-order valence-electron chi connectivity index (χ1n) is 10.4. The third-order valence-electron chi connectivity index (χ3n) is 5.16. The van der Waals surface area contributed by atoms with E-state index in [4.69, 9.17) is 31.4 Å². The molecule has 0 aliphatic carbocycles. The predicted molar refractivity (Wildman–Crippen MR) is 121 cm³/mol. The molecule has 0 saturated carbocycles. The van der Waals surface area contributed by atoms with Crippen molar-refractivity contribution in [3.8, 4) is 5.75 Å². The van der Waals surface area contributed by atoms with Gasteiger partial charge in [-0.2, -0.15) is 5.10 Å². The van der Waals surface area contributed by atoms with E-state index in [2.05, 4.69) is 17.3 Å². The molecule has 2 N–H and O–H groups in total. The van der Waals surface area contributed by atoms with Crippen molar-refractivity contribution >= 4 is 34.4 Å². The van der Waals surface area contributed by atoms with Gasteiger partial charge in [0.2, 0.25) is 0 Å². The quantitative estimate of drug-likeness (QED) is 0.471. The van der Waals surface area contributed by atoms with Crippen molar-refractivity contribution in [3.63, 3.8) is 0 Å². The van der Waals surface area contributed by atoms with Gasteiger partial charge in [0, 0.05) is 25.9 Å². The number of rotatable bonds is 10. The van der Waals surface area contributed by atoms with E-state index in [-0.39, 0.29) is 12.3 Å². The molecule has 1 unspecified atom stereocenters. The van der Waals surface area contributed by atoms with Gasteiger partial charge < -0.3 is 15.2 Å². The molecule has 0 radical (unpaired) electrons. The molecule has 8 nitrogen and oxygen atoms in total. The summed E-state index contributed by atoms with van der Waals surface area (Å²) < 4.78 is 7.02. The average molecular weight is 446 g/mol. The van der Waals surface area contributed by atoms with Crippen LogP contribution in [0, 0.1) is 0 Å². The number of hydrogen-bond donors (Lipinski definition) is 2. The zero-order chi connectivity index (χ0) is 22.5. The summed E-state index contributed by atoms with van der Waals surface area (Å²) in [5.41, 5.74) is 3.54. The fourth-order valence-corrected chi connectivity index (χ4v) is 3.76. The van der Waals surface area contributed by atoms with Crippen LogP contribution >= 0.6 is 11.6 Å². The molecular formula is C22H28ClN5O3. The molecule has 9 heteroatoms. The molecule has 166 valence electrons. The van der Waals surface area contributed by atoms with Crippen molar-refractivity contribution in [3.05, 3.63) is 40.3 Å². The Morgan fingerprint density at radius 2 is 2.13 bits per heavy atom. The summed E-state index contributed by atoms with van der Waals surface area (Å²) in [4.78, 5) is 20.5. The van der Waals surface area contributed by atoms with E-state index in [0.29, 0.717) is 35.4 Å². The van der Waals surface area contributed by atoms with E-state index in [1.54, 1.807) is 11.8 Å². The van der Waals surface area contributed by atoms with Crippen LogP contribution in [-0.4, -0.2) is 37.9 Å². The minimum absolute atomic E-state index is 0.0739. The highest BCUT2D eigenvalue weighted by Crippen LogP contribution is 2.29. The predicted octanol–water partition coefficient (Wildman–Crippen LogP) is 4.56. The lowest BCUT2D eigenvalue weighted by Crippen LogP contribution is -2.10. The van der Waals surface area contributed by atoms with Gasteiger partial charge in [-0.05, 0) is 30.5 Å². The molecule has 3 aromatic rings. The van der Waals surface area contributed by atoms with E-state index < -0.39 is 5.97 Å². The topological polar surface area (TPSA) is 102 Å². The van der Waals surface area contributed by atoms with Crippen LogP contribution in [0.2, 0.25) is 5.02 Å². The highest BCUT2D eigenvalue weighted by atomic mass is 35.5. The van der Waals surface area contributed by atoms with E-state index >= 15 is 0 Å². The van der Waals surface area contributed by atoms with Gasteiger partial charge in [0.25, 0.3) is 0 Å². The Morgan fingerprint density at radius 3 is 2.77 bits per heavy atom. The van der Waals surface area contributed by atoms with Crippen LogP contribution in [0.4, 0.5) is 5.82 Å². The minimum Gasteiger partial charge on any atom is -0.495 e. The Bertz CT molecular complexity index is 1080. The lowest BCUT2D eigenvalue weighted by atomic mass is 10.0. The number of methoxy groups -OCH3 is 1. The second-order valence-electron chi connectivity index (χ2n) is 7.60. The van der Waals surface area contributed by atoms with Crippen LogP contribution in [-0.2, 0) is 24.8 Å². The first-order valence-corrected chi connectivity index (χ1v) is 10.7. The molecule has 0 aliphatic heterocycles. The summed E-state index contributed by atoms with van der Waals surface area (Å²) in [6.45, 7) is 4.56. The highest BCUT2D eigenvalue weighted by Gasteiger charge is 2.20. The zero-order valence-corrected chi connectivity index (χ0v) is 19.0. The lowest BCUT2D eigenvalue weighted by molar-refractivity contribution is -0.137. The fraction of sp³-hybridized carbons (Fsp3) is 0.455. The Hall–Kier alpha value is -2.87. The minimum atomic E-state index is -0.823. The second kappa shape index (κ2) is 9.96. The number of nitrogens with zero attached hydrogens (tertiary/aromatic N) is 4. The third-order valence-corrected chi connectivity index (χ3v) is 5.46. The van der Waals surface area contributed by atoms with Crippen molar-refractivity contribution in [1.29, 1.82) is 0 Å². The van der Waals surface area contributed by atoms with Crippen LogP contribution in [0.15, 0.2) is 18.2 Å². The van der Waals surface area contributed by atoms with Gasteiger partial charge in [-0.3, -0.25) is 9.48 Å². The summed E-state index contributed by atoms with van der Waals surface area (Å²) in [6, 6.07) is 5.63. The molecule has 31 heavy (non-hydrogen) atoms. The lowest BCUT2D eigenvalue weighted by Gasteiger charge is -2.14. The largest absolute Gasteiger partial charge is 0.495 e. The second-order valence-corrected chi connectivity index (χ2v) is 8.01. The number of hydrogen-bond acceptors (Lipinski definition) is 6. The van der Waals surface area contributed by atoms with Crippen LogP contribution < -0.4 is 10.1 Å². The Labute approximate surface area is 186 Å². The molecule has 1 aromatic carbocycles. The number of benzene rings is 1. The molecular weight excluding hydrogens is 418 g/mol. The van der Waals surface area contributed by atoms with Crippen molar-refractivity contribution in [2.24, 2.45) is 7.05 Å². The molecule has 0 spiro atoms. The van der Waals surface area contributed by atoms with E-state index in [9.17, 15) is 4.79 Å². The number of halogens is 1. The van der Waals surface area contributed by atoms with E-state index in [1.165, 1.54) is 0 Å². The Kier molecular flexibility index (Phi) is 7.33. The number of aliphatic carboxylic acids is 1. The molecule has 1 atom stereocenters. The number of carbonyl (C=O) groups is 1. The maximum absolute atomic E-state index is 11.0. The number of anilines is 1. The fourth-order valence-electron chi connectivity index (χ4n) is 3.48. The zero-order valence-electron chi connectivity index (χ0n) is 18.3. The number of fused-ring (bicyclic) bond motifs is 1. The summed E-state index contributed by atoms with van der Waals surface area (Å²) in [5.74, 6) is 1.00. The van der Waals surface area contributed by atoms with Crippen molar-refractivity contribution in [2.45, 2.75) is 52.0 Å². The molecule has 3 rings (SSSR count). The monoisotopic (exact) mass is 445 g/mol. The van der Waals surface area contributed by atoms with Crippen molar-refractivity contribution < 1.29 is 14.6 Å². The van der Waals surface area contributed by atoms with Gasteiger partial charge in [-0.25, -0.2) is 9.97 Å². The first-order chi connectivity index (χ1) is 14.8. The standard InChI is InChI=1S/C22H28ClN5O3/c1-5-6-16-19-20(28(3)27-16)22(26-21(25-19)13(2)7-10-18(29)30)24-12-14-8-9-17(31-4)15(23)11-14/h8-9,11,13H,5-7,10,12H2,1-4H3,(H,29,30)(H,24,25,26). The molecule has 0 fully saturated rings. The summed E-state index contributed by atoms with van der Waals surface area (Å²) in [6.07, 6.45) is 2.31. The maximum atomic E-state index is 11.0. The number of aryl methyl sites for hydroxylation is 2. The SMILES string of the molecule is CCCc1nn(C)c2c(NCc3ccc(OC)c(Cl)c3)nc(C(C)CCC(=O)O)nc12. The number of ether oxygens (including phenoxy) is 1. The van der Waals surface area contributed by atoms with Gasteiger partial charge in [0.1, 0.15) is 22.6 Å². The number of carboxylic acid groups (broad SMARTS) is 1. The van der Waals surface area contributed by atoms with Crippen LogP contribution in [0.3, 0.4) is 0 Å². The first kappa shape index (κ1) is 22.8. The average Bonchev–Trinajstić information content (AvgIpc) is 3.06. The van der Waals surface area contributed by atoms with Crippen LogP contribution in [0.1, 0.15) is 56.1 Å². The van der Waals surface area contributed by atoms with Crippen molar-refractivity contribution in [2.75, 3.05) is 12.4 Å². The van der Waals surface area contributed by atoms with E-state index in [1.807, 2.05) is 32.2 Å². The summed E-state index contributed by atoms with van der Waals surface area (Å²) in [7, 11) is 3.47. The van der Waals surface area contributed by atoms with Gasteiger partial charge in [-0.1, -0.05) is 37.9 Å². The third kappa shape index (κ3) is 5.25. The summed E-state index contributed by atoms with van der Waals surface area (Å²) >= 11 is 6.26. The van der Waals surface area contributed by atoms with Gasteiger partial charge in [0.15, 0.2) is 5.82 Å². The van der Waals surface area contributed by atoms with E-state index in [0.717, 1.165) is 35.1 Å². The van der Waals surface area contributed by atoms with Gasteiger partial charge in [-0.15, -0.1) is 0 Å². The normalized spacial score (nSPS) is 12.2. The van der Waals surface area contributed by atoms with Gasteiger partial charge >= 0.3 is 5.97 Å². The maximum Gasteiger partial charge on any atom is 0.303 e. The Morgan fingerprint density at radius 1 is 1.35 bits per heavy atom. The van der Waals surface area contributed by atoms with Crippen molar-refractivity contribution in [1.82, 2.24) is 19.7 Å².